The number of para-hydroxylation sites is 2. The molecule has 0 aliphatic carbocycles. The van der Waals surface area contributed by atoms with Gasteiger partial charge >= 0.3 is 18.1 Å². The van der Waals surface area contributed by atoms with Gasteiger partial charge in [-0.3, -0.25) is 24.0 Å². The lowest BCUT2D eigenvalue weighted by Gasteiger charge is -2.27. The van der Waals surface area contributed by atoms with Crippen LogP contribution in [0.4, 0.5) is 15.3 Å². The number of carbonyl (C=O) groups is 7. The second kappa shape index (κ2) is 21.9. The highest BCUT2D eigenvalue weighted by molar-refractivity contribution is 6.33. The Morgan fingerprint density at radius 1 is 0.750 bits per heavy atom. The Morgan fingerprint density at radius 2 is 1.37 bits per heavy atom. The summed E-state index contributed by atoms with van der Waals surface area (Å²) in [6, 6.07) is 16.6. The Hall–Kier alpha value is -6.62. The number of benzene rings is 3. The van der Waals surface area contributed by atoms with Crippen molar-refractivity contribution in [1.82, 2.24) is 31.6 Å². The van der Waals surface area contributed by atoms with Crippen molar-refractivity contribution in [3.8, 4) is 0 Å². The van der Waals surface area contributed by atoms with Crippen molar-refractivity contribution in [3.05, 3.63) is 101 Å². The van der Waals surface area contributed by atoms with Gasteiger partial charge < -0.3 is 52.5 Å². The van der Waals surface area contributed by atoms with E-state index < -0.39 is 77.9 Å². The molecule has 4 aromatic rings. The quantitative estimate of drug-likeness (QED) is 0.0584. The summed E-state index contributed by atoms with van der Waals surface area (Å²) >= 11 is 6.13. The van der Waals surface area contributed by atoms with Crippen LogP contribution in [0.3, 0.4) is 0 Å². The van der Waals surface area contributed by atoms with Gasteiger partial charge in [0.1, 0.15) is 29.8 Å². The molecule has 0 fully saturated rings. The molecule has 0 radical (unpaired) electrons. The number of rotatable bonds is 20. The summed E-state index contributed by atoms with van der Waals surface area (Å²) in [6.07, 6.45) is 0.446. The molecule has 0 saturated heterocycles. The Labute approximate surface area is 351 Å². The molecule has 4 atom stereocenters. The van der Waals surface area contributed by atoms with E-state index in [1.807, 2.05) is 24.3 Å². The number of ether oxygens (including phenoxy) is 1. The van der Waals surface area contributed by atoms with E-state index in [0.717, 1.165) is 10.9 Å². The monoisotopic (exact) mass is 846 g/mol. The second-order valence-electron chi connectivity index (χ2n) is 15.0. The van der Waals surface area contributed by atoms with Crippen LogP contribution in [-0.4, -0.2) is 88.1 Å². The molecule has 3 unspecified atom stereocenters. The number of aromatic amines is 1. The maximum absolute atomic E-state index is 14.1. The number of H-pyrrole nitrogens is 1. The molecule has 0 saturated carbocycles. The number of hydrogen-bond acceptors (Lipinski definition) is 8. The van der Waals surface area contributed by atoms with E-state index in [9.17, 15) is 38.7 Å². The zero-order chi connectivity index (χ0) is 43.8. The largest absolute Gasteiger partial charge is 0.481 e. The molecule has 4 rings (SSSR count). The fourth-order valence-corrected chi connectivity index (χ4v) is 6.31. The summed E-state index contributed by atoms with van der Waals surface area (Å²) in [6.45, 7) is 5.14. The summed E-state index contributed by atoms with van der Waals surface area (Å²) in [5, 5.41) is 26.3. The van der Waals surface area contributed by atoms with E-state index in [1.54, 1.807) is 81.6 Å². The van der Waals surface area contributed by atoms with Crippen LogP contribution in [0.25, 0.3) is 10.9 Å². The number of nitrogens with two attached hydrogens (primary N) is 1. The van der Waals surface area contributed by atoms with Gasteiger partial charge in [-0.05, 0) is 69.4 Å². The molecule has 0 aliphatic rings. The van der Waals surface area contributed by atoms with Gasteiger partial charge in [0.15, 0.2) is 0 Å². The van der Waals surface area contributed by atoms with Gasteiger partial charge in [-0.25, -0.2) is 9.59 Å². The lowest BCUT2D eigenvalue weighted by atomic mass is 10.0. The van der Waals surface area contributed by atoms with Crippen LogP contribution in [0.1, 0.15) is 57.6 Å². The van der Waals surface area contributed by atoms with Gasteiger partial charge in [0.2, 0.25) is 23.6 Å². The normalized spacial score (nSPS) is 13.1. The number of urea groups is 1. The minimum Gasteiger partial charge on any atom is -0.481 e. The lowest BCUT2D eigenvalue weighted by molar-refractivity contribution is -0.141. The number of unbranched alkanes of at least 4 members (excludes halogenated alkanes) is 1. The van der Waals surface area contributed by atoms with Crippen LogP contribution in [0.15, 0.2) is 85.1 Å². The van der Waals surface area contributed by atoms with Crippen molar-refractivity contribution in [3.63, 3.8) is 0 Å². The number of amides is 7. The van der Waals surface area contributed by atoms with Gasteiger partial charge in [-0.15, -0.1) is 0 Å². The number of carbonyl (C=O) groups excluding carboxylic acids is 6. The molecule has 10 N–H and O–H groups in total. The van der Waals surface area contributed by atoms with Crippen molar-refractivity contribution in [2.75, 3.05) is 11.9 Å². The number of primary amides is 1. The predicted molar refractivity (Wildman–Crippen MR) is 225 cm³/mol. The highest BCUT2D eigenvalue weighted by atomic mass is 35.5. The van der Waals surface area contributed by atoms with Crippen molar-refractivity contribution in [2.45, 2.75) is 89.1 Å². The number of carboxylic acid groups (broad SMARTS) is 1. The highest BCUT2D eigenvalue weighted by Crippen LogP contribution is 2.21. The number of halogens is 1. The predicted octanol–water partition coefficient (Wildman–Crippen LogP) is 3.91. The Kier molecular flexibility index (Phi) is 16.9. The van der Waals surface area contributed by atoms with Crippen LogP contribution in [0, 0.1) is 0 Å². The number of aromatic nitrogens is 1. The van der Waals surface area contributed by atoms with Crippen LogP contribution < -0.4 is 37.6 Å². The minimum absolute atomic E-state index is 0.00124. The average Bonchev–Trinajstić information content (AvgIpc) is 3.59. The van der Waals surface area contributed by atoms with Gasteiger partial charge in [-0.1, -0.05) is 72.3 Å². The first-order valence-corrected chi connectivity index (χ1v) is 19.7. The lowest BCUT2D eigenvalue weighted by Crippen LogP contribution is -2.59. The van der Waals surface area contributed by atoms with E-state index in [4.69, 9.17) is 22.1 Å². The van der Waals surface area contributed by atoms with Gasteiger partial charge in [0.25, 0.3) is 0 Å². The number of aliphatic carboxylic acids is 1. The number of hydrogen-bond donors (Lipinski definition) is 9. The first-order valence-electron chi connectivity index (χ1n) is 19.3. The first-order chi connectivity index (χ1) is 28.5. The number of nitrogens with one attached hydrogen (secondary N) is 7. The molecule has 1 heterocycles. The summed E-state index contributed by atoms with van der Waals surface area (Å²) in [5.74, 6) is -5.01. The van der Waals surface area contributed by atoms with Gasteiger partial charge in [-0.2, -0.15) is 0 Å². The molecule has 0 spiro atoms. The molecule has 0 bridgehead atoms. The molecular formula is C42H51ClN8O9. The summed E-state index contributed by atoms with van der Waals surface area (Å²) in [4.78, 5) is 94.6. The molecule has 17 nitrogen and oxygen atoms in total. The van der Waals surface area contributed by atoms with Crippen LogP contribution in [-0.2, 0) is 41.6 Å². The Morgan fingerprint density at radius 3 is 2.05 bits per heavy atom. The van der Waals surface area contributed by atoms with E-state index in [0.29, 0.717) is 28.3 Å². The van der Waals surface area contributed by atoms with E-state index in [-0.39, 0.29) is 32.2 Å². The van der Waals surface area contributed by atoms with Crippen molar-refractivity contribution in [2.24, 2.45) is 5.73 Å². The first kappa shape index (κ1) is 46.1. The molecule has 18 heteroatoms. The number of carboxylic acids is 1. The fourth-order valence-electron chi connectivity index (χ4n) is 6.13. The molecule has 1 aromatic heterocycles. The molecule has 0 aliphatic heterocycles. The maximum atomic E-state index is 14.1. The number of fused-ring (bicyclic) bond motifs is 1. The molecule has 320 valence electrons. The van der Waals surface area contributed by atoms with Crippen molar-refractivity contribution in [1.29, 1.82) is 0 Å². The van der Waals surface area contributed by atoms with Gasteiger partial charge in [0, 0.05) is 36.5 Å². The molecule has 7 amide bonds. The summed E-state index contributed by atoms with van der Waals surface area (Å²) in [5.41, 5.74) is 7.22. The van der Waals surface area contributed by atoms with Crippen LogP contribution in [0.5, 0.6) is 0 Å². The average molecular weight is 847 g/mol. The van der Waals surface area contributed by atoms with Crippen LogP contribution >= 0.6 is 11.6 Å². The van der Waals surface area contributed by atoms with Crippen molar-refractivity contribution < 1.29 is 43.4 Å². The number of alkyl carbamates (subject to hydrolysis) is 1. The number of anilines is 1. The third-order valence-corrected chi connectivity index (χ3v) is 9.35. The SMILES string of the molecule is CC(C)(C)OC(=O)NC(Cc1c[nH]c2ccccc12)C(=O)N[C@@H](CCCCNC(=O)Nc1ccccc1Cl)C(=O)NC(CC(=O)O)C(=O)NC(Cc1ccccc1)C(N)=O. The zero-order valence-corrected chi connectivity index (χ0v) is 34.3. The minimum atomic E-state index is -1.69. The molecular weight excluding hydrogens is 796 g/mol. The summed E-state index contributed by atoms with van der Waals surface area (Å²) < 4.78 is 5.44. The molecule has 3 aromatic carbocycles. The standard InChI is InChI=1S/C42H51ClN8O9/c1-42(2,3)60-41(59)51-33(22-26-24-46-29-17-9-7-15-27(26)29)38(56)47-31(19-11-12-20-45-40(58)50-30-18-10-8-16-28(30)43)37(55)49-34(23-35(52)53)39(57)48-32(36(44)54)21-25-13-5-4-6-14-25/h4-10,13-18,24,31-34,46H,11-12,19-23H2,1-3H3,(H2,44,54)(H,47,56)(H,48,57)(H,49,55)(H,51,59)(H,52,53)(H2,45,50,58)/t31-,32?,33?,34?/m0/s1. The molecule has 60 heavy (non-hydrogen) atoms. The topological polar surface area (TPSA) is 263 Å². The Balaban J connectivity index is 1.54. The van der Waals surface area contributed by atoms with E-state index >= 15 is 0 Å². The van der Waals surface area contributed by atoms with E-state index in [2.05, 4.69) is 36.9 Å². The second-order valence-corrected chi connectivity index (χ2v) is 15.4. The van der Waals surface area contributed by atoms with Crippen molar-refractivity contribution >= 4 is 69.9 Å². The summed E-state index contributed by atoms with van der Waals surface area (Å²) in [7, 11) is 0. The maximum Gasteiger partial charge on any atom is 0.408 e. The van der Waals surface area contributed by atoms with E-state index in [1.165, 1.54) is 0 Å². The Bertz CT molecular complexity index is 2140. The smallest absolute Gasteiger partial charge is 0.408 e. The third-order valence-electron chi connectivity index (χ3n) is 9.02. The highest BCUT2D eigenvalue weighted by Gasteiger charge is 2.33. The zero-order valence-electron chi connectivity index (χ0n) is 33.5. The third kappa shape index (κ3) is 15.0. The van der Waals surface area contributed by atoms with Gasteiger partial charge in [0.05, 0.1) is 17.1 Å². The fraction of sp³-hybridized carbons (Fsp3) is 0.357. The van der Waals surface area contributed by atoms with Crippen LogP contribution in [0.2, 0.25) is 5.02 Å².